The molecule has 0 aromatic carbocycles. The summed E-state index contributed by atoms with van der Waals surface area (Å²) >= 11 is 0. The summed E-state index contributed by atoms with van der Waals surface area (Å²) < 4.78 is 24.9. The first-order valence-corrected chi connectivity index (χ1v) is 13.2. The molecule has 0 bridgehead atoms. The average Bonchev–Trinajstić information content (AvgIpc) is 2.83. The molecule has 0 aromatic rings. The van der Waals surface area contributed by atoms with Gasteiger partial charge in [0.15, 0.2) is 6.10 Å². The summed E-state index contributed by atoms with van der Waals surface area (Å²) in [6.45, 7) is 2.50. The van der Waals surface area contributed by atoms with Gasteiger partial charge in [0.2, 0.25) is 0 Å². The first kappa shape index (κ1) is 41.3. The minimum atomic E-state index is -5.30. The van der Waals surface area contributed by atoms with Crippen molar-refractivity contribution in [3.8, 4) is 59.2 Å². The van der Waals surface area contributed by atoms with Crippen molar-refractivity contribution in [2.45, 2.75) is 84.2 Å². The summed E-state index contributed by atoms with van der Waals surface area (Å²) in [6, 6.07) is 0. The summed E-state index contributed by atoms with van der Waals surface area (Å²) in [4.78, 5) is 45.3. The minimum Gasteiger partial charge on any atom is -0.790 e. The molecule has 0 radical (unpaired) electrons. The number of hydrogen-bond donors (Lipinski definition) is 0. The molecule has 0 aliphatic heterocycles. The number of carbonyl (C=O) groups excluding carboxylic acids is 2. The number of carbonyl (C=O) groups is 2. The van der Waals surface area contributed by atoms with Crippen LogP contribution in [0.5, 0.6) is 0 Å². The smallest absolute Gasteiger partial charge is 0.790 e. The van der Waals surface area contributed by atoms with Gasteiger partial charge in [0.05, 0.1) is 14.4 Å². The molecule has 0 saturated carbocycles. The van der Waals surface area contributed by atoms with E-state index in [1.165, 1.54) is 32.1 Å². The first-order chi connectivity index (χ1) is 17.3. The maximum absolute atomic E-state index is 12.1. The van der Waals surface area contributed by atoms with E-state index in [4.69, 9.17) is 9.47 Å². The molecule has 0 fully saturated rings. The Labute approximate surface area is 271 Å². The van der Waals surface area contributed by atoms with Crippen LogP contribution < -0.4 is 68.9 Å². The Morgan fingerprint density at radius 1 is 0.763 bits per heavy atom. The van der Waals surface area contributed by atoms with E-state index in [0.29, 0.717) is 6.42 Å². The summed E-state index contributed by atoms with van der Waals surface area (Å²) in [5, 5.41) is 0. The number of ether oxygens (including phenoxy) is 2. The summed E-state index contributed by atoms with van der Waals surface area (Å²) in [6.07, 6.45) is 8.50. The normalized spacial score (nSPS) is 9.68. The van der Waals surface area contributed by atoms with Crippen molar-refractivity contribution < 1.29 is 97.1 Å². The van der Waals surface area contributed by atoms with Crippen molar-refractivity contribution in [3.05, 3.63) is 0 Å². The largest absolute Gasteiger partial charge is 1.00 e. The fourth-order valence-corrected chi connectivity index (χ4v) is 3.00. The molecular formula is C27H31Na2O8P. The third-order valence-electron chi connectivity index (χ3n) is 4.33. The van der Waals surface area contributed by atoms with Crippen LogP contribution in [0.15, 0.2) is 0 Å². The molecule has 0 aromatic heterocycles. The summed E-state index contributed by atoms with van der Waals surface area (Å²) in [5.41, 5.74) is 0. The van der Waals surface area contributed by atoms with Gasteiger partial charge in [-0.05, 0) is 60.7 Å². The Bertz CT molecular complexity index is 1040. The maximum atomic E-state index is 12.1. The summed E-state index contributed by atoms with van der Waals surface area (Å²) in [7, 11) is -5.30. The second kappa shape index (κ2) is 28.8. The van der Waals surface area contributed by atoms with Gasteiger partial charge in [-0.3, -0.25) is 4.79 Å². The van der Waals surface area contributed by atoms with Crippen LogP contribution >= 0.6 is 7.82 Å². The third-order valence-corrected chi connectivity index (χ3v) is 4.79. The maximum Gasteiger partial charge on any atom is 1.00 e. The van der Waals surface area contributed by atoms with Crippen LogP contribution in [-0.2, 0) is 28.2 Å². The fraction of sp³-hybridized carbons (Fsp3) is 0.556. The van der Waals surface area contributed by atoms with Gasteiger partial charge >= 0.3 is 71.1 Å². The van der Waals surface area contributed by atoms with E-state index in [2.05, 4.69) is 70.7 Å². The van der Waals surface area contributed by atoms with Gasteiger partial charge in [0.25, 0.3) is 0 Å². The van der Waals surface area contributed by atoms with Gasteiger partial charge in [0, 0.05) is 12.3 Å². The molecule has 0 rings (SSSR count). The molecule has 0 aliphatic carbocycles. The van der Waals surface area contributed by atoms with E-state index in [9.17, 15) is 23.9 Å². The molecule has 38 heavy (non-hydrogen) atoms. The Hall–Kier alpha value is -1.15. The van der Waals surface area contributed by atoms with E-state index < -0.39 is 39.1 Å². The van der Waals surface area contributed by atoms with E-state index in [1.54, 1.807) is 6.92 Å². The number of unbranched alkanes of at least 4 members (excludes halogenated alkanes) is 8. The molecule has 194 valence electrons. The van der Waals surface area contributed by atoms with Gasteiger partial charge in [-0.1, -0.05) is 64.2 Å². The number of phosphoric acid groups is 1. The van der Waals surface area contributed by atoms with Crippen molar-refractivity contribution in [1.29, 1.82) is 0 Å². The van der Waals surface area contributed by atoms with Crippen molar-refractivity contribution in [1.82, 2.24) is 0 Å². The molecule has 0 unspecified atom stereocenters. The standard InChI is InChI=1S/C27H33O8P.2Na/c1-3-5-7-9-11-13-15-17-19-21-26(28)33-23-25(24-34-36(30,31)32)35-27(29)22-20-18-16-14-12-10-8-6-4-2;;/h25H,4,6,8,10,12,14,16,18,20,22-24H2,1-2H3,(H2,30,31,32);;/q;2*+1/p-2/t25-;;/m1../s1. The van der Waals surface area contributed by atoms with Crippen LogP contribution in [0, 0.1) is 59.2 Å². The number of rotatable bonds is 16. The number of phosphoric ester groups is 1. The van der Waals surface area contributed by atoms with Gasteiger partial charge < -0.3 is 28.3 Å². The molecule has 0 heterocycles. The molecule has 0 aliphatic rings. The van der Waals surface area contributed by atoms with Gasteiger partial charge in [-0.2, -0.15) is 0 Å². The molecule has 0 spiro atoms. The van der Waals surface area contributed by atoms with Crippen LogP contribution in [0.2, 0.25) is 0 Å². The van der Waals surface area contributed by atoms with Crippen LogP contribution in [-0.4, -0.2) is 31.3 Å². The van der Waals surface area contributed by atoms with Gasteiger partial charge in [-0.25, -0.2) is 4.79 Å². The van der Waals surface area contributed by atoms with Crippen LogP contribution in [0.3, 0.4) is 0 Å². The molecule has 0 amide bonds. The zero-order valence-corrected chi connectivity index (χ0v) is 27.7. The second-order valence-corrected chi connectivity index (χ2v) is 8.56. The predicted molar refractivity (Wildman–Crippen MR) is 131 cm³/mol. The van der Waals surface area contributed by atoms with Crippen molar-refractivity contribution in [2.75, 3.05) is 13.2 Å². The Morgan fingerprint density at radius 3 is 1.79 bits per heavy atom. The average molecular weight is 560 g/mol. The molecule has 0 N–H and O–H groups in total. The predicted octanol–water partition coefficient (Wildman–Crippen LogP) is -3.75. The van der Waals surface area contributed by atoms with Gasteiger partial charge in [-0.15, -0.1) is 0 Å². The monoisotopic (exact) mass is 560 g/mol. The second-order valence-electron chi connectivity index (χ2n) is 7.41. The molecular weight excluding hydrogens is 529 g/mol. The Balaban J connectivity index is -0.00000612. The van der Waals surface area contributed by atoms with Crippen LogP contribution in [0.25, 0.3) is 0 Å². The topological polar surface area (TPSA) is 125 Å². The van der Waals surface area contributed by atoms with Gasteiger partial charge in [0.1, 0.15) is 6.61 Å². The SMILES string of the molecule is CC#CC#CC#CC#CC#CC(=O)OC[C@H](COP(=O)([O-])[O-])OC(=O)CCCCCCCCCCC.[Na+].[Na+]. The first-order valence-electron chi connectivity index (χ1n) is 11.7. The van der Waals surface area contributed by atoms with Crippen LogP contribution in [0.4, 0.5) is 0 Å². The van der Waals surface area contributed by atoms with Crippen LogP contribution in [0.1, 0.15) is 78.1 Å². The Morgan fingerprint density at radius 2 is 1.26 bits per heavy atom. The number of esters is 2. The molecule has 1 atom stereocenters. The quantitative estimate of drug-likeness (QED) is 0.0471. The van der Waals surface area contributed by atoms with Crippen molar-refractivity contribution in [3.63, 3.8) is 0 Å². The van der Waals surface area contributed by atoms with E-state index >= 15 is 0 Å². The Kier molecular flexibility index (Phi) is 31.4. The van der Waals surface area contributed by atoms with Crippen molar-refractivity contribution in [2.24, 2.45) is 0 Å². The van der Waals surface area contributed by atoms with Crippen molar-refractivity contribution >= 4 is 19.8 Å². The molecule has 11 heteroatoms. The minimum absolute atomic E-state index is 0. The van der Waals surface area contributed by atoms with E-state index in [-0.39, 0.29) is 65.5 Å². The number of hydrogen-bond acceptors (Lipinski definition) is 8. The zero-order chi connectivity index (χ0) is 26.9. The molecule has 0 saturated heterocycles. The van der Waals surface area contributed by atoms with E-state index in [1.807, 2.05) is 0 Å². The zero-order valence-electron chi connectivity index (χ0n) is 22.8. The summed E-state index contributed by atoms with van der Waals surface area (Å²) in [5.74, 6) is 22.1. The third kappa shape index (κ3) is 31.1. The fourth-order valence-electron chi connectivity index (χ4n) is 2.65. The van der Waals surface area contributed by atoms with E-state index in [0.717, 1.165) is 19.3 Å². The molecule has 8 nitrogen and oxygen atoms in total.